The van der Waals surface area contributed by atoms with Crippen molar-refractivity contribution in [1.82, 2.24) is 0 Å². The monoisotopic (exact) mass is 237 g/mol. The van der Waals surface area contributed by atoms with E-state index in [0.29, 0.717) is 5.56 Å². The summed E-state index contributed by atoms with van der Waals surface area (Å²) < 4.78 is 6.00. The summed E-state index contributed by atoms with van der Waals surface area (Å²) in [7, 11) is 0. The molecule has 3 nitrogen and oxygen atoms in total. The van der Waals surface area contributed by atoms with Gasteiger partial charge in [-0.2, -0.15) is 0 Å². The fourth-order valence-electron chi connectivity index (χ4n) is 2.95. The maximum absolute atomic E-state index is 11.2. The van der Waals surface area contributed by atoms with E-state index in [1.54, 1.807) is 6.07 Å². The first-order valence-electron chi connectivity index (χ1n) is 5.93. The summed E-state index contributed by atoms with van der Waals surface area (Å²) in [5.41, 5.74) is 10.5. The Labute approximate surface area is 104 Å². The molecule has 2 atom stereocenters. The van der Waals surface area contributed by atoms with Gasteiger partial charge >= 0.3 is 0 Å². The van der Waals surface area contributed by atoms with E-state index in [2.05, 4.69) is 12.1 Å². The Bertz CT molecular complexity index is 678. The Morgan fingerprint density at radius 2 is 1.56 bits per heavy atom. The number of nitrogens with two attached hydrogens (primary N) is 1. The average Bonchev–Trinajstić information content (AvgIpc) is 2.95. The third kappa shape index (κ3) is 1.09. The molecular formula is C15H11NO2. The van der Waals surface area contributed by atoms with E-state index >= 15 is 0 Å². The number of amides is 1. The van der Waals surface area contributed by atoms with Gasteiger partial charge in [-0.25, -0.2) is 0 Å². The number of ether oxygens (including phenoxy) is 1. The molecule has 2 unspecified atom stereocenters. The van der Waals surface area contributed by atoms with Crippen LogP contribution in [0, 0.1) is 0 Å². The second-order valence-corrected chi connectivity index (χ2v) is 4.73. The summed E-state index contributed by atoms with van der Waals surface area (Å²) in [5.74, 6) is -0.395. The van der Waals surface area contributed by atoms with Gasteiger partial charge in [-0.3, -0.25) is 4.79 Å². The number of hydrogen-bond acceptors (Lipinski definition) is 2. The number of primary amides is 1. The fourth-order valence-corrected chi connectivity index (χ4v) is 2.95. The van der Waals surface area contributed by atoms with Crippen LogP contribution in [-0.4, -0.2) is 5.91 Å². The second kappa shape index (κ2) is 3.21. The first-order chi connectivity index (χ1) is 8.75. The van der Waals surface area contributed by atoms with Crippen LogP contribution in [0.5, 0.6) is 0 Å². The van der Waals surface area contributed by atoms with E-state index in [0.717, 1.165) is 11.1 Å². The maximum Gasteiger partial charge on any atom is 0.248 e. The second-order valence-electron chi connectivity index (χ2n) is 4.73. The molecule has 0 saturated heterocycles. The molecule has 0 aliphatic carbocycles. The minimum Gasteiger partial charge on any atom is -0.366 e. The highest BCUT2D eigenvalue weighted by Crippen LogP contribution is 2.53. The third-order valence-electron chi connectivity index (χ3n) is 3.77. The van der Waals surface area contributed by atoms with Crippen LogP contribution in [0.25, 0.3) is 0 Å². The third-order valence-corrected chi connectivity index (χ3v) is 3.77. The molecular weight excluding hydrogens is 226 g/mol. The Balaban J connectivity index is 1.92. The molecule has 2 aromatic carbocycles. The van der Waals surface area contributed by atoms with Crippen molar-refractivity contribution in [3.05, 3.63) is 70.3 Å². The molecule has 2 heterocycles. The lowest BCUT2D eigenvalue weighted by molar-refractivity contribution is 0.0857. The minimum atomic E-state index is -0.395. The zero-order valence-corrected chi connectivity index (χ0v) is 9.59. The van der Waals surface area contributed by atoms with E-state index in [9.17, 15) is 4.79 Å². The standard InChI is InChI=1S/C15H11NO2/c16-15(17)8-5-6-11-12(7-8)14-10-4-2-1-3-9(10)13(11)18-14/h1-7,13-14H,(H2,16,17). The smallest absolute Gasteiger partial charge is 0.248 e. The van der Waals surface area contributed by atoms with Crippen LogP contribution >= 0.6 is 0 Å². The Kier molecular flexibility index (Phi) is 1.76. The van der Waals surface area contributed by atoms with Gasteiger partial charge in [0.2, 0.25) is 5.91 Å². The Morgan fingerprint density at radius 3 is 2.22 bits per heavy atom. The molecule has 2 aliphatic heterocycles. The Hall–Kier alpha value is -2.13. The van der Waals surface area contributed by atoms with Gasteiger partial charge in [0.1, 0.15) is 12.2 Å². The summed E-state index contributed by atoms with van der Waals surface area (Å²) in [6.07, 6.45) is -0.0244. The van der Waals surface area contributed by atoms with Gasteiger partial charge in [0.15, 0.2) is 0 Å². The first-order valence-corrected chi connectivity index (χ1v) is 5.93. The zero-order chi connectivity index (χ0) is 12.3. The van der Waals surface area contributed by atoms with Crippen molar-refractivity contribution in [3.8, 4) is 0 Å². The lowest BCUT2D eigenvalue weighted by Crippen LogP contribution is -2.12. The van der Waals surface area contributed by atoms with Gasteiger partial charge in [-0.05, 0) is 34.4 Å². The fraction of sp³-hybridized carbons (Fsp3) is 0.133. The van der Waals surface area contributed by atoms with Crippen molar-refractivity contribution in [1.29, 1.82) is 0 Å². The van der Waals surface area contributed by atoms with Gasteiger partial charge in [0.05, 0.1) is 0 Å². The number of hydrogen-bond donors (Lipinski definition) is 1. The molecule has 2 aliphatic rings. The van der Waals surface area contributed by atoms with Crippen molar-refractivity contribution >= 4 is 5.91 Å². The first kappa shape index (κ1) is 9.85. The topological polar surface area (TPSA) is 52.3 Å². The molecule has 2 N–H and O–H groups in total. The number of benzene rings is 2. The Morgan fingerprint density at radius 1 is 0.944 bits per heavy atom. The quantitative estimate of drug-likeness (QED) is 0.827. The molecule has 3 heteroatoms. The van der Waals surface area contributed by atoms with E-state index in [1.807, 2.05) is 24.3 Å². The SMILES string of the molecule is NC(=O)c1ccc2c(c1)C1OC2c2ccccc21. The highest BCUT2D eigenvalue weighted by Gasteiger charge is 2.42. The maximum atomic E-state index is 11.2. The molecule has 0 saturated carbocycles. The largest absolute Gasteiger partial charge is 0.366 e. The molecule has 88 valence electrons. The normalized spacial score (nSPS) is 22.7. The summed E-state index contributed by atoms with van der Waals surface area (Å²) >= 11 is 0. The number of rotatable bonds is 1. The van der Waals surface area contributed by atoms with Crippen molar-refractivity contribution in [3.63, 3.8) is 0 Å². The number of carbonyl (C=O) groups excluding carboxylic acids is 1. The van der Waals surface area contributed by atoms with Gasteiger partial charge in [-0.15, -0.1) is 0 Å². The predicted molar refractivity (Wildman–Crippen MR) is 66.2 cm³/mol. The van der Waals surface area contributed by atoms with Crippen molar-refractivity contribution in [2.45, 2.75) is 12.2 Å². The van der Waals surface area contributed by atoms with Crippen LogP contribution in [0.3, 0.4) is 0 Å². The highest BCUT2D eigenvalue weighted by molar-refractivity contribution is 5.93. The molecule has 2 bridgehead atoms. The summed E-state index contributed by atoms with van der Waals surface area (Å²) in [6, 6.07) is 13.8. The van der Waals surface area contributed by atoms with E-state index < -0.39 is 5.91 Å². The van der Waals surface area contributed by atoms with E-state index in [1.165, 1.54) is 11.1 Å². The highest BCUT2D eigenvalue weighted by atomic mass is 16.5. The molecule has 0 spiro atoms. The van der Waals surface area contributed by atoms with Crippen LogP contribution in [0.2, 0.25) is 0 Å². The summed E-state index contributed by atoms with van der Waals surface area (Å²) in [5, 5.41) is 0. The molecule has 2 aromatic rings. The van der Waals surface area contributed by atoms with Gasteiger partial charge in [-0.1, -0.05) is 30.3 Å². The number of fused-ring (bicyclic) bond motifs is 8. The van der Waals surface area contributed by atoms with Crippen LogP contribution in [0.1, 0.15) is 44.8 Å². The van der Waals surface area contributed by atoms with Gasteiger partial charge in [0, 0.05) is 5.56 Å². The predicted octanol–water partition coefficient (Wildman–Crippen LogP) is 2.31. The summed E-state index contributed by atoms with van der Waals surface area (Å²) in [6.45, 7) is 0. The molecule has 18 heavy (non-hydrogen) atoms. The molecule has 0 fully saturated rings. The zero-order valence-electron chi connectivity index (χ0n) is 9.59. The van der Waals surface area contributed by atoms with Gasteiger partial charge in [0.25, 0.3) is 0 Å². The summed E-state index contributed by atoms with van der Waals surface area (Å²) in [4.78, 5) is 11.2. The van der Waals surface area contributed by atoms with Crippen molar-refractivity contribution in [2.75, 3.05) is 0 Å². The number of carbonyl (C=O) groups is 1. The van der Waals surface area contributed by atoms with Crippen LogP contribution in [0.4, 0.5) is 0 Å². The molecule has 4 rings (SSSR count). The molecule has 0 radical (unpaired) electrons. The van der Waals surface area contributed by atoms with E-state index in [-0.39, 0.29) is 12.2 Å². The van der Waals surface area contributed by atoms with Crippen molar-refractivity contribution < 1.29 is 9.53 Å². The molecule has 0 aromatic heterocycles. The van der Waals surface area contributed by atoms with Crippen LogP contribution in [0.15, 0.2) is 42.5 Å². The van der Waals surface area contributed by atoms with Crippen LogP contribution < -0.4 is 5.73 Å². The lowest BCUT2D eigenvalue weighted by Gasteiger charge is -2.15. The van der Waals surface area contributed by atoms with Crippen molar-refractivity contribution in [2.24, 2.45) is 5.73 Å². The lowest BCUT2D eigenvalue weighted by atomic mass is 9.85. The molecule has 1 amide bonds. The minimum absolute atomic E-state index is 0.0168. The van der Waals surface area contributed by atoms with Crippen LogP contribution in [-0.2, 0) is 4.74 Å². The average molecular weight is 237 g/mol. The van der Waals surface area contributed by atoms with Gasteiger partial charge < -0.3 is 10.5 Å². The van der Waals surface area contributed by atoms with E-state index in [4.69, 9.17) is 10.5 Å².